The van der Waals surface area contributed by atoms with Gasteiger partial charge in [-0.15, -0.1) is 4.40 Å². The first-order valence-electron chi connectivity index (χ1n) is 10.5. The minimum Gasteiger partial charge on any atom is -0.349 e. The summed E-state index contributed by atoms with van der Waals surface area (Å²) in [6.45, 7) is 5.07. The van der Waals surface area contributed by atoms with E-state index >= 15 is 0 Å². The number of rotatable bonds is 2. The lowest BCUT2D eigenvalue weighted by Crippen LogP contribution is -2.44. The van der Waals surface area contributed by atoms with E-state index < -0.39 is 10.0 Å². The first kappa shape index (κ1) is 20.7. The second-order valence-corrected chi connectivity index (χ2v) is 10.6. The number of amidine groups is 1. The fourth-order valence-corrected chi connectivity index (χ4v) is 6.21. The van der Waals surface area contributed by atoms with Crippen LogP contribution in [-0.4, -0.2) is 32.7 Å². The fourth-order valence-electron chi connectivity index (χ4n) is 4.70. The molecule has 0 bridgehead atoms. The van der Waals surface area contributed by atoms with Gasteiger partial charge in [-0.1, -0.05) is 44.7 Å². The molecule has 8 heteroatoms. The lowest BCUT2D eigenvalue weighted by Gasteiger charge is -2.35. The van der Waals surface area contributed by atoms with Gasteiger partial charge in [0.2, 0.25) is 0 Å². The molecule has 1 aromatic rings. The van der Waals surface area contributed by atoms with Crippen LogP contribution in [0.15, 0.2) is 21.4 Å². The molecule has 1 saturated heterocycles. The Kier molecular flexibility index (Phi) is 5.64. The van der Waals surface area contributed by atoms with Crippen molar-refractivity contribution in [1.29, 1.82) is 0 Å². The van der Waals surface area contributed by atoms with Gasteiger partial charge in [0, 0.05) is 19.0 Å². The summed E-state index contributed by atoms with van der Waals surface area (Å²) in [4.78, 5) is 15.0. The van der Waals surface area contributed by atoms with Crippen molar-refractivity contribution < 1.29 is 13.2 Å². The average Bonchev–Trinajstić information content (AvgIpc) is 2.89. The number of hydrogen-bond donors (Lipinski definition) is 1. The molecule has 0 spiro atoms. The maximum absolute atomic E-state index is 13.0. The highest BCUT2D eigenvalue weighted by atomic mass is 35.5. The van der Waals surface area contributed by atoms with Crippen LogP contribution in [0.4, 0.5) is 5.69 Å². The smallest absolute Gasteiger partial charge is 0.286 e. The molecule has 1 aliphatic carbocycles. The molecule has 3 atom stereocenters. The summed E-state index contributed by atoms with van der Waals surface area (Å²) in [6.07, 6.45) is 6.74. The quantitative estimate of drug-likeness (QED) is 0.744. The zero-order valence-electron chi connectivity index (χ0n) is 16.9. The predicted octanol–water partition coefficient (Wildman–Crippen LogP) is 4.38. The number of hydrogen-bond acceptors (Lipinski definition) is 4. The molecule has 1 aromatic carbocycles. The van der Waals surface area contributed by atoms with E-state index in [9.17, 15) is 13.2 Å². The number of sulfonamides is 1. The molecule has 2 aliphatic heterocycles. The van der Waals surface area contributed by atoms with Crippen molar-refractivity contribution in [2.75, 3.05) is 11.4 Å². The molecule has 3 unspecified atom stereocenters. The van der Waals surface area contributed by atoms with Crippen molar-refractivity contribution in [3.05, 3.63) is 22.7 Å². The van der Waals surface area contributed by atoms with Gasteiger partial charge < -0.3 is 10.2 Å². The minimum absolute atomic E-state index is 0.0720. The van der Waals surface area contributed by atoms with Crippen molar-refractivity contribution >= 4 is 39.1 Å². The van der Waals surface area contributed by atoms with Crippen LogP contribution < -0.4 is 10.2 Å². The normalized spacial score (nSPS) is 28.6. The highest BCUT2D eigenvalue weighted by molar-refractivity contribution is 7.90. The Morgan fingerprint density at radius 3 is 2.76 bits per heavy atom. The molecule has 158 valence electrons. The third-order valence-electron chi connectivity index (χ3n) is 6.70. The number of nitrogens with one attached hydrogen (secondary N) is 1. The summed E-state index contributed by atoms with van der Waals surface area (Å²) in [7, 11) is -3.85. The zero-order chi connectivity index (χ0) is 20.8. The van der Waals surface area contributed by atoms with Crippen molar-refractivity contribution in [2.45, 2.75) is 69.7 Å². The van der Waals surface area contributed by atoms with Crippen LogP contribution in [0.2, 0.25) is 5.02 Å². The number of fused-ring (bicyclic) bond motifs is 3. The molecule has 3 aliphatic rings. The van der Waals surface area contributed by atoms with Crippen molar-refractivity contribution in [3.63, 3.8) is 0 Å². The molecule has 2 heterocycles. The summed E-state index contributed by atoms with van der Waals surface area (Å²) in [5.74, 6) is 1.18. The van der Waals surface area contributed by atoms with E-state index in [1.54, 1.807) is 6.07 Å². The molecule has 1 saturated carbocycles. The summed E-state index contributed by atoms with van der Waals surface area (Å²) in [5.41, 5.74) is 0.742. The molecule has 1 amide bonds. The van der Waals surface area contributed by atoms with Crippen LogP contribution in [0.3, 0.4) is 0 Å². The largest absolute Gasteiger partial charge is 0.349 e. The third kappa shape index (κ3) is 3.91. The van der Waals surface area contributed by atoms with Crippen LogP contribution in [0.25, 0.3) is 0 Å². The highest BCUT2D eigenvalue weighted by Gasteiger charge is 2.34. The van der Waals surface area contributed by atoms with Crippen LogP contribution >= 0.6 is 11.6 Å². The Bertz CT molecular complexity index is 960. The third-order valence-corrected chi connectivity index (χ3v) is 8.35. The average molecular weight is 438 g/mol. The van der Waals surface area contributed by atoms with Crippen molar-refractivity contribution in [1.82, 2.24) is 5.32 Å². The Morgan fingerprint density at radius 2 is 1.97 bits per heavy atom. The van der Waals surface area contributed by atoms with Crippen LogP contribution in [-0.2, 0) is 10.0 Å². The minimum atomic E-state index is -3.85. The number of carbonyl (C=O) groups excluding carboxylic acids is 1. The number of nitrogens with zero attached hydrogens (tertiary/aromatic N) is 2. The number of halogens is 1. The molecular weight excluding hydrogens is 410 g/mol. The predicted molar refractivity (Wildman–Crippen MR) is 115 cm³/mol. The van der Waals surface area contributed by atoms with E-state index in [0.717, 1.165) is 32.1 Å². The van der Waals surface area contributed by atoms with Gasteiger partial charge in [-0.05, 0) is 43.2 Å². The molecular formula is C21H28ClN3O3S. The Labute approximate surface area is 177 Å². The zero-order valence-corrected chi connectivity index (χ0v) is 18.5. The summed E-state index contributed by atoms with van der Waals surface area (Å²) < 4.78 is 29.7. The van der Waals surface area contributed by atoms with Gasteiger partial charge in [-0.2, -0.15) is 8.42 Å². The number of benzene rings is 1. The Hall–Kier alpha value is -1.60. The molecule has 2 fully saturated rings. The molecule has 0 radical (unpaired) electrons. The number of anilines is 1. The second kappa shape index (κ2) is 7.91. The van der Waals surface area contributed by atoms with Gasteiger partial charge in [0.15, 0.2) is 0 Å². The summed E-state index contributed by atoms with van der Waals surface area (Å²) in [5, 5.41) is 3.37. The SMILES string of the molecule is CC1CCCC(NC(=O)c2cc3c(cc2Cl)N2CCCCCC2=NS3(=O)=O)C1C. The van der Waals surface area contributed by atoms with Crippen molar-refractivity contribution in [2.24, 2.45) is 16.2 Å². The van der Waals surface area contributed by atoms with Crippen LogP contribution in [0.5, 0.6) is 0 Å². The molecule has 6 nitrogen and oxygen atoms in total. The van der Waals surface area contributed by atoms with Gasteiger partial charge >= 0.3 is 0 Å². The lowest BCUT2D eigenvalue weighted by molar-refractivity contribution is 0.0891. The topological polar surface area (TPSA) is 78.8 Å². The Balaban J connectivity index is 1.67. The van der Waals surface area contributed by atoms with Gasteiger partial charge in [-0.3, -0.25) is 4.79 Å². The van der Waals surface area contributed by atoms with E-state index in [4.69, 9.17) is 11.6 Å². The summed E-state index contributed by atoms with van der Waals surface area (Å²) in [6, 6.07) is 3.10. The first-order chi connectivity index (χ1) is 13.8. The molecule has 1 N–H and O–H groups in total. The van der Waals surface area contributed by atoms with E-state index in [-0.39, 0.29) is 27.4 Å². The standard InChI is InChI=1S/C21H28ClN3O3S/c1-13-7-6-8-17(14(13)2)23-21(26)15-11-19-18(12-16(15)22)25-10-5-3-4-9-20(25)24-29(19,27)28/h11-14,17H,3-10H2,1-2H3,(H,23,26). The van der Waals surface area contributed by atoms with Gasteiger partial charge in [-0.25, -0.2) is 0 Å². The van der Waals surface area contributed by atoms with E-state index in [1.807, 2.05) is 4.90 Å². The lowest BCUT2D eigenvalue weighted by atomic mass is 9.78. The van der Waals surface area contributed by atoms with Crippen molar-refractivity contribution in [3.8, 4) is 0 Å². The van der Waals surface area contributed by atoms with Crippen LogP contribution in [0, 0.1) is 11.8 Å². The second-order valence-electron chi connectivity index (χ2n) is 8.59. The number of amides is 1. The monoisotopic (exact) mass is 437 g/mol. The maximum Gasteiger partial charge on any atom is 0.286 e. The molecule has 29 heavy (non-hydrogen) atoms. The van der Waals surface area contributed by atoms with Gasteiger partial charge in [0.1, 0.15) is 10.7 Å². The molecule has 0 aromatic heterocycles. The van der Waals surface area contributed by atoms with E-state index in [1.165, 1.54) is 12.5 Å². The first-order valence-corrected chi connectivity index (χ1v) is 12.4. The van der Waals surface area contributed by atoms with E-state index in [0.29, 0.717) is 36.3 Å². The van der Waals surface area contributed by atoms with E-state index in [2.05, 4.69) is 23.6 Å². The van der Waals surface area contributed by atoms with Crippen LogP contribution in [0.1, 0.15) is 69.2 Å². The number of carbonyl (C=O) groups is 1. The summed E-state index contributed by atoms with van der Waals surface area (Å²) >= 11 is 6.48. The maximum atomic E-state index is 13.0. The van der Waals surface area contributed by atoms with Gasteiger partial charge in [0.25, 0.3) is 15.9 Å². The Morgan fingerprint density at radius 1 is 1.17 bits per heavy atom. The highest BCUT2D eigenvalue weighted by Crippen LogP contribution is 2.38. The van der Waals surface area contributed by atoms with Gasteiger partial charge in [0.05, 0.1) is 16.3 Å². The fraction of sp³-hybridized carbons (Fsp3) is 0.619. The molecule has 4 rings (SSSR count).